The van der Waals surface area contributed by atoms with E-state index in [1.54, 1.807) is 7.11 Å². The molecule has 0 aromatic heterocycles. The Labute approximate surface area is 143 Å². The van der Waals surface area contributed by atoms with Gasteiger partial charge in [-0.05, 0) is 48.9 Å². The number of hydrogen-bond acceptors (Lipinski definition) is 2. The molecular formula is C20H24N2O2. The molecule has 1 aliphatic carbocycles. The molecule has 0 aliphatic heterocycles. The van der Waals surface area contributed by atoms with E-state index in [2.05, 4.69) is 22.8 Å². The number of hydrogen-bond donors (Lipinski definition) is 2. The topological polar surface area (TPSA) is 50.4 Å². The zero-order valence-electron chi connectivity index (χ0n) is 14.0. The molecule has 0 spiro atoms. The molecule has 4 heteroatoms. The number of ether oxygens (including phenoxy) is 1. The van der Waals surface area contributed by atoms with E-state index in [-0.39, 0.29) is 11.6 Å². The zero-order valence-corrected chi connectivity index (χ0v) is 14.0. The monoisotopic (exact) mass is 324 g/mol. The molecule has 2 N–H and O–H groups in total. The molecule has 2 aromatic carbocycles. The van der Waals surface area contributed by atoms with Crippen LogP contribution in [0.3, 0.4) is 0 Å². The molecule has 0 radical (unpaired) electrons. The normalized spacial score (nSPS) is 15.2. The van der Waals surface area contributed by atoms with Crippen LogP contribution in [-0.2, 0) is 12.0 Å². The van der Waals surface area contributed by atoms with E-state index in [1.165, 1.54) is 11.1 Å². The van der Waals surface area contributed by atoms with Crippen LogP contribution < -0.4 is 15.4 Å². The second kappa shape index (κ2) is 7.39. The lowest BCUT2D eigenvalue weighted by Gasteiger charge is -2.43. The first-order chi connectivity index (χ1) is 11.7. The SMILES string of the molecule is COc1ccc(CCNC(=O)NC2(c3ccccc3)CCC2)cc1. The number of urea groups is 1. The number of nitrogens with one attached hydrogen (secondary N) is 2. The highest BCUT2D eigenvalue weighted by Crippen LogP contribution is 2.40. The highest BCUT2D eigenvalue weighted by molar-refractivity contribution is 5.75. The smallest absolute Gasteiger partial charge is 0.315 e. The van der Waals surface area contributed by atoms with Gasteiger partial charge in [0.25, 0.3) is 0 Å². The third-order valence-electron chi connectivity index (χ3n) is 4.74. The fraction of sp³-hybridized carbons (Fsp3) is 0.350. The van der Waals surface area contributed by atoms with E-state index < -0.39 is 0 Å². The second-order valence-electron chi connectivity index (χ2n) is 6.28. The van der Waals surface area contributed by atoms with Crippen molar-refractivity contribution in [3.8, 4) is 5.75 Å². The van der Waals surface area contributed by atoms with Crippen LogP contribution >= 0.6 is 0 Å². The molecule has 3 rings (SSSR count). The zero-order chi connectivity index (χ0) is 16.8. The van der Waals surface area contributed by atoms with Crippen molar-refractivity contribution in [2.75, 3.05) is 13.7 Å². The molecule has 2 aromatic rings. The third kappa shape index (κ3) is 3.70. The molecule has 1 saturated carbocycles. The molecule has 0 bridgehead atoms. The van der Waals surface area contributed by atoms with Gasteiger partial charge in [-0.2, -0.15) is 0 Å². The Morgan fingerprint density at radius 2 is 1.79 bits per heavy atom. The van der Waals surface area contributed by atoms with E-state index in [9.17, 15) is 4.79 Å². The minimum atomic E-state index is -0.189. The lowest BCUT2D eigenvalue weighted by Crippen LogP contribution is -2.54. The molecule has 4 nitrogen and oxygen atoms in total. The Morgan fingerprint density at radius 3 is 2.38 bits per heavy atom. The van der Waals surface area contributed by atoms with E-state index in [4.69, 9.17) is 4.74 Å². The summed E-state index contributed by atoms with van der Waals surface area (Å²) in [6.07, 6.45) is 3.96. The summed E-state index contributed by atoms with van der Waals surface area (Å²) in [6.45, 7) is 0.614. The maximum Gasteiger partial charge on any atom is 0.315 e. The van der Waals surface area contributed by atoms with Crippen molar-refractivity contribution in [2.45, 2.75) is 31.2 Å². The van der Waals surface area contributed by atoms with E-state index in [1.807, 2.05) is 42.5 Å². The summed E-state index contributed by atoms with van der Waals surface area (Å²) in [7, 11) is 1.66. The highest BCUT2D eigenvalue weighted by atomic mass is 16.5. The Balaban J connectivity index is 1.50. The van der Waals surface area contributed by atoms with Crippen molar-refractivity contribution in [3.05, 3.63) is 65.7 Å². The predicted molar refractivity (Wildman–Crippen MR) is 95.2 cm³/mol. The van der Waals surface area contributed by atoms with Crippen molar-refractivity contribution in [2.24, 2.45) is 0 Å². The molecule has 0 atom stereocenters. The number of amides is 2. The molecule has 0 heterocycles. The summed E-state index contributed by atoms with van der Waals surface area (Å²) in [5, 5.41) is 6.15. The van der Waals surface area contributed by atoms with Gasteiger partial charge < -0.3 is 15.4 Å². The molecule has 1 aliphatic rings. The van der Waals surface area contributed by atoms with Crippen LogP contribution in [-0.4, -0.2) is 19.7 Å². The van der Waals surface area contributed by atoms with Crippen LogP contribution in [0.2, 0.25) is 0 Å². The third-order valence-corrected chi connectivity index (χ3v) is 4.74. The van der Waals surface area contributed by atoms with Crippen LogP contribution in [0, 0.1) is 0 Å². The van der Waals surface area contributed by atoms with Gasteiger partial charge in [0, 0.05) is 6.54 Å². The predicted octanol–water partition coefficient (Wildman–Crippen LogP) is 3.62. The minimum absolute atomic E-state index is 0.0907. The van der Waals surface area contributed by atoms with E-state index in [0.29, 0.717) is 6.54 Å². The molecule has 24 heavy (non-hydrogen) atoms. The number of benzene rings is 2. The van der Waals surface area contributed by atoms with Gasteiger partial charge in [-0.1, -0.05) is 42.5 Å². The van der Waals surface area contributed by atoms with E-state index in [0.717, 1.165) is 31.4 Å². The average Bonchev–Trinajstić information content (AvgIpc) is 2.59. The number of rotatable bonds is 6. The van der Waals surface area contributed by atoms with Gasteiger partial charge >= 0.3 is 6.03 Å². The molecule has 126 valence electrons. The largest absolute Gasteiger partial charge is 0.497 e. The van der Waals surface area contributed by atoms with Crippen molar-refractivity contribution in [3.63, 3.8) is 0 Å². The Bertz CT molecular complexity index is 664. The van der Waals surface area contributed by atoms with Gasteiger partial charge in [0.15, 0.2) is 0 Å². The van der Waals surface area contributed by atoms with Crippen molar-refractivity contribution in [1.82, 2.24) is 10.6 Å². The van der Waals surface area contributed by atoms with Crippen LogP contribution in [0.5, 0.6) is 5.75 Å². The second-order valence-corrected chi connectivity index (χ2v) is 6.28. The summed E-state index contributed by atoms with van der Waals surface area (Å²) in [5.41, 5.74) is 2.19. The van der Waals surface area contributed by atoms with Gasteiger partial charge in [-0.3, -0.25) is 0 Å². The average molecular weight is 324 g/mol. The number of carbonyl (C=O) groups excluding carboxylic acids is 1. The lowest BCUT2D eigenvalue weighted by atomic mass is 9.72. The van der Waals surface area contributed by atoms with Gasteiger partial charge in [0.2, 0.25) is 0 Å². The molecular weight excluding hydrogens is 300 g/mol. The van der Waals surface area contributed by atoms with Crippen molar-refractivity contribution < 1.29 is 9.53 Å². The first kappa shape index (κ1) is 16.4. The highest BCUT2D eigenvalue weighted by Gasteiger charge is 2.39. The van der Waals surface area contributed by atoms with Crippen molar-refractivity contribution >= 4 is 6.03 Å². The summed E-state index contributed by atoms with van der Waals surface area (Å²) in [4.78, 5) is 12.3. The number of methoxy groups -OCH3 is 1. The van der Waals surface area contributed by atoms with Gasteiger partial charge in [0.1, 0.15) is 5.75 Å². The Morgan fingerprint density at radius 1 is 1.08 bits per heavy atom. The molecule has 1 fully saturated rings. The molecule has 0 unspecified atom stereocenters. The maximum absolute atomic E-state index is 12.3. The molecule has 2 amide bonds. The van der Waals surface area contributed by atoms with Crippen LogP contribution in [0.4, 0.5) is 4.79 Å². The fourth-order valence-electron chi connectivity index (χ4n) is 3.15. The molecule has 0 saturated heterocycles. The van der Waals surface area contributed by atoms with Gasteiger partial charge in [0.05, 0.1) is 12.6 Å². The standard InChI is InChI=1S/C20H24N2O2/c1-24-18-10-8-16(9-11-18)12-15-21-19(23)22-20(13-5-14-20)17-6-3-2-4-7-17/h2-4,6-11H,5,12-15H2,1H3,(H2,21,22,23). The summed E-state index contributed by atoms with van der Waals surface area (Å²) in [5.74, 6) is 0.847. The van der Waals surface area contributed by atoms with E-state index >= 15 is 0 Å². The quantitative estimate of drug-likeness (QED) is 0.853. The van der Waals surface area contributed by atoms with Crippen LogP contribution in [0.15, 0.2) is 54.6 Å². The first-order valence-corrected chi connectivity index (χ1v) is 8.46. The summed E-state index contributed by atoms with van der Waals surface area (Å²) >= 11 is 0. The van der Waals surface area contributed by atoms with Crippen LogP contribution in [0.1, 0.15) is 30.4 Å². The Hall–Kier alpha value is -2.49. The summed E-state index contributed by atoms with van der Waals surface area (Å²) in [6, 6.07) is 18.1. The minimum Gasteiger partial charge on any atom is -0.497 e. The maximum atomic E-state index is 12.3. The number of carbonyl (C=O) groups is 1. The lowest BCUT2D eigenvalue weighted by molar-refractivity contribution is 0.177. The van der Waals surface area contributed by atoms with Gasteiger partial charge in [-0.25, -0.2) is 4.79 Å². The fourth-order valence-corrected chi connectivity index (χ4v) is 3.15. The first-order valence-electron chi connectivity index (χ1n) is 8.46. The van der Waals surface area contributed by atoms with Gasteiger partial charge in [-0.15, -0.1) is 0 Å². The van der Waals surface area contributed by atoms with Crippen LogP contribution in [0.25, 0.3) is 0 Å². The summed E-state index contributed by atoms with van der Waals surface area (Å²) < 4.78 is 5.15. The van der Waals surface area contributed by atoms with Crippen molar-refractivity contribution in [1.29, 1.82) is 0 Å². The Kier molecular flexibility index (Phi) is 5.04.